The van der Waals surface area contributed by atoms with Crippen molar-refractivity contribution in [3.8, 4) is 11.1 Å². The predicted molar refractivity (Wildman–Crippen MR) is 109 cm³/mol. The van der Waals surface area contributed by atoms with Crippen LogP contribution in [0.25, 0.3) is 11.1 Å². The average Bonchev–Trinajstić information content (AvgIpc) is 3.12. The molecule has 0 spiro atoms. The highest BCUT2D eigenvalue weighted by Gasteiger charge is 2.32. The average molecular weight is 360 g/mol. The molecule has 2 aliphatic rings. The molecule has 5 heteroatoms. The van der Waals surface area contributed by atoms with Gasteiger partial charge in [-0.2, -0.15) is 0 Å². The maximum absolute atomic E-state index is 11.7. The van der Waals surface area contributed by atoms with E-state index in [2.05, 4.69) is 64.2 Å². The van der Waals surface area contributed by atoms with Crippen molar-refractivity contribution in [2.24, 2.45) is 4.99 Å². The summed E-state index contributed by atoms with van der Waals surface area (Å²) in [5.41, 5.74) is 4.88. The van der Waals surface area contributed by atoms with E-state index in [0.29, 0.717) is 0 Å². The van der Waals surface area contributed by atoms with Gasteiger partial charge in [-0.3, -0.25) is 4.79 Å². The van der Waals surface area contributed by atoms with E-state index in [0.717, 1.165) is 25.1 Å². The van der Waals surface area contributed by atoms with Crippen LogP contribution in [0.3, 0.4) is 0 Å². The number of hydrogen-bond donors (Lipinski definition) is 2. The number of aromatic nitrogens is 1. The van der Waals surface area contributed by atoms with Gasteiger partial charge in [0.25, 0.3) is 0 Å². The number of nitrogens with zero attached hydrogens (tertiary/aromatic N) is 2. The molecular formula is C22H24N4O. The van der Waals surface area contributed by atoms with Crippen LogP contribution in [0, 0.1) is 0 Å². The summed E-state index contributed by atoms with van der Waals surface area (Å²) in [5.74, 6) is 0.808. The molecule has 1 aromatic carbocycles. The summed E-state index contributed by atoms with van der Waals surface area (Å²) in [6.45, 7) is 3.56. The first-order valence-electron chi connectivity index (χ1n) is 9.32. The Labute approximate surface area is 159 Å². The highest BCUT2D eigenvalue weighted by Crippen LogP contribution is 2.44. The fourth-order valence-corrected chi connectivity index (χ4v) is 4.08. The fourth-order valence-electron chi connectivity index (χ4n) is 4.08. The van der Waals surface area contributed by atoms with E-state index in [9.17, 15) is 4.79 Å². The number of aliphatic imine (C=N–C) groups is 1. The molecule has 1 aliphatic carbocycles. The lowest BCUT2D eigenvalue weighted by Gasteiger charge is -2.35. The molecule has 0 saturated heterocycles. The molecule has 1 aromatic heterocycles. The SMILES string of the molecule is C=CC(=O)NC1CCC=C(C2c3c(-c4ccccc4)c[nH]c3N=CN2C)C1. The summed E-state index contributed by atoms with van der Waals surface area (Å²) in [5, 5.41) is 3.06. The third kappa shape index (κ3) is 3.33. The lowest BCUT2D eigenvalue weighted by molar-refractivity contribution is -0.117. The zero-order chi connectivity index (χ0) is 18.8. The number of H-pyrrole nitrogens is 1. The van der Waals surface area contributed by atoms with Gasteiger partial charge in [-0.25, -0.2) is 4.99 Å². The zero-order valence-electron chi connectivity index (χ0n) is 15.5. The Morgan fingerprint density at radius 3 is 2.96 bits per heavy atom. The van der Waals surface area contributed by atoms with Gasteiger partial charge in [-0.1, -0.05) is 43.0 Å². The third-order valence-corrected chi connectivity index (χ3v) is 5.32. The van der Waals surface area contributed by atoms with Gasteiger partial charge in [0.05, 0.1) is 12.4 Å². The van der Waals surface area contributed by atoms with Crippen molar-refractivity contribution in [2.45, 2.75) is 31.3 Å². The molecule has 0 fully saturated rings. The van der Waals surface area contributed by atoms with Crippen LogP contribution in [0.1, 0.15) is 30.9 Å². The van der Waals surface area contributed by atoms with Crippen molar-refractivity contribution < 1.29 is 4.79 Å². The Bertz CT molecular complexity index is 910. The molecule has 1 amide bonds. The van der Waals surface area contributed by atoms with Crippen LogP contribution in [-0.4, -0.2) is 35.2 Å². The second-order valence-electron chi connectivity index (χ2n) is 7.11. The normalized spacial score (nSPS) is 21.4. The van der Waals surface area contributed by atoms with E-state index in [1.807, 2.05) is 18.6 Å². The molecule has 2 unspecified atom stereocenters. The van der Waals surface area contributed by atoms with E-state index in [1.165, 1.54) is 28.3 Å². The van der Waals surface area contributed by atoms with Gasteiger partial charge in [0.1, 0.15) is 5.82 Å². The molecule has 2 aromatic rings. The lowest BCUT2D eigenvalue weighted by Crippen LogP contribution is -2.37. The smallest absolute Gasteiger partial charge is 0.243 e. The largest absolute Gasteiger partial charge is 0.355 e. The molecule has 1 aliphatic heterocycles. The van der Waals surface area contributed by atoms with Crippen molar-refractivity contribution in [3.63, 3.8) is 0 Å². The summed E-state index contributed by atoms with van der Waals surface area (Å²) < 4.78 is 0. The summed E-state index contributed by atoms with van der Waals surface area (Å²) >= 11 is 0. The van der Waals surface area contributed by atoms with Crippen molar-refractivity contribution in [2.75, 3.05) is 7.05 Å². The molecule has 0 radical (unpaired) electrons. The van der Waals surface area contributed by atoms with Gasteiger partial charge in [0.15, 0.2) is 0 Å². The summed E-state index contributed by atoms with van der Waals surface area (Å²) in [6.07, 6.45) is 10.3. The monoisotopic (exact) mass is 360 g/mol. The number of aromatic amines is 1. The van der Waals surface area contributed by atoms with Crippen LogP contribution in [-0.2, 0) is 4.79 Å². The fraction of sp³-hybridized carbons (Fsp3) is 0.273. The van der Waals surface area contributed by atoms with E-state index in [1.54, 1.807) is 0 Å². The topological polar surface area (TPSA) is 60.5 Å². The summed E-state index contributed by atoms with van der Waals surface area (Å²) in [7, 11) is 2.06. The minimum atomic E-state index is -0.105. The molecular weight excluding hydrogens is 336 g/mol. The number of carbonyl (C=O) groups excluding carboxylic acids is 1. The summed E-state index contributed by atoms with van der Waals surface area (Å²) in [4.78, 5) is 21.8. The van der Waals surface area contributed by atoms with E-state index >= 15 is 0 Å². The second-order valence-corrected chi connectivity index (χ2v) is 7.11. The minimum Gasteiger partial charge on any atom is -0.355 e. The lowest BCUT2D eigenvalue weighted by atomic mass is 9.84. The Morgan fingerprint density at radius 1 is 1.37 bits per heavy atom. The molecule has 2 atom stereocenters. The molecule has 27 heavy (non-hydrogen) atoms. The number of rotatable bonds is 4. The number of allylic oxidation sites excluding steroid dienone is 1. The first kappa shape index (κ1) is 17.3. The van der Waals surface area contributed by atoms with Crippen LogP contribution in [0.15, 0.2) is 65.8 Å². The molecule has 2 N–H and O–H groups in total. The number of amides is 1. The molecule has 138 valence electrons. The Kier molecular flexibility index (Phi) is 4.67. The van der Waals surface area contributed by atoms with Gasteiger partial charge in [-0.05, 0) is 36.5 Å². The predicted octanol–water partition coefficient (Wildman–Crippen LogP) is 4.11. The van der Waals surface area contributed by atoms with Crippen LogP contribution in [0.2, 0.25) is 0 Å². The van der Waals surface area contributed by atoms with Crippen molar-refractivity contribution in [1.29, 1.82) is 0 Å². The quantitative estimate of drug-likeness (QED) is 0.637. The molecule has 2 heterocycles. The summed E-state index contributed by atoms with van der Waals surface area (Å²) in [6, 6.07) is 10.6. The first-order valence-corrected chi connectivity index (χ1v) is 9.32. The number of fused-ring (bicyclic) bond motifs is 1. The molecule has 0 bridgehead atoms. The van der Waals surface area contributed by atoms with Gasteiger partial charge in [0, 0.05) is 30.4 Å². The van der Waals surface area contributed by atoms with Crippen LogP contribution in [0.4, 0.5) is 5.82 Å². The van der Waals surface area contributed by atoms with Crippen molar-refractivity contribution in [1.82, 2.24) is 15.2 Å². The van der Waals surface area contributed by atoms with Crippen LogP contribution < -0.4 is 5.32 Å². The van der Waals surface area contributed by atoms with Gasteiger partial charge in [-0.15, -0.1) is 0 Å². The maximum atomic E-state index is 11.7. The highest BCUT2D eigenvalue weighted by molar-refractivity contribution is 5.87. The highest BCUT2D eigenvalue weighted by atomic mass is 16.1. The van der Waals surface area contributed by atoms with E-state index in [4.69, 9.17) is 0 Å². The van der Waals surface area contributed by atoms with Gasteiger partial charge >= 0.3 is 0 Å². The van der Waals surface area contributed by atoms with Crippen molar-refractivity contribution >= 4 is 18.1 Å². The Morgan fingerprint density at radius 2 is 2.19 bits per heavy atom. The van der Waals surface area contributed by atoms with Gasteiger partial charge < -0.3 is 15.2 Å². The van der Waals surface area contributed by atoms with Crippen LogP contribution in [0.5, 0.6) is 0 Å². The second kappa shape index (κ2) is 7.27. The molecule has 0 saturated carbocycles. The maximum Gasteiger partial charge on any atom is 0.243 e. The van der Waals surface area contributed by atoms with Crippen molar-refractivity contribution in [3.05, 3.63) is 66.4 Å². The van der Waals surface area contributed by atoms with E-state index in [-0.39, 0.29) is 18.0 Å². The number of carbonyl (C=O) groups is 1. The third-order valence-electron chi connectivity index (χ3n) is 5.32. The minimum absolute atomic E-state index is 0.105. The molecule has 4 rings (SSSR count). The van der Waals surface area contributed by atoms with E-state index < -0.39 is 0 Å². The number of hydrogen-bond acceptors (Lipinski definition) is 3. The Hall–Kier alpha value is -3.08. The first-order chi connectivity index (χ1) is 13.2. The number of likely N-dealkylation sites (N-methyl/N-ethyl adjacent to an activating group) is 1. The zero-order valence-corrected chi connectivity index (χ0v) is 15.5. The Balaban J connectivity index is 1.69. The number of nitrogens with one attached hydrogen (secondary N) is 2. The standard InChI is InChI=1S/C22H24N4O/c1-3-19(27)25-17-11-7-10-16(12-17)21-20-18(15-8-5-4-6-9-15)13-23-22(20)24-14-26(21)2/h3-6,8-10,13-14,17,21,23H,1,7,11-12H2,2H3,(H,25,27). The molecule has 5 nitrogen and oxygen atoms in total. The number of benzene rings is 1. The van der Waals surface area contributed by atoms with Crippen LogP contribution >= 0.6 is 0 Å². The van der Waals surface area contributed by atoms with Gasteiger partial charge in [0.2, 0.25) is 5.91 Å².